The lowest BCUT2D eigenvalue weighted by molar-refractivity contribution is -0.133. The van der Waals surface area contributed by atoms with Crippen molar-refractivity contribution in [3.8, 4) is 5.75 Å². The van der Waals surface area contributed by atoms with E-state index in [-0.39, 0.29) is 30.2 Å². The first kappa shape index (κ1) is 20.0. The summed E-state index contributed by atoms with van der Waals surface area (Å²) in [5.41, 5.74) is 2.17. The summed E-state index contributed by atoms with van der Waals surface area (Å²) in [7, 11) is 0. The van der Waals surface area contributed by atoms with Gasteiger partial charge in [0.1, 0.15) is 6.54 Å². The highest BCUT2D eigenvalue weighted by molar-refractivity contribution is 6.31. The lowest BCUT2D eigenvalue weighted by Crippen LogP contribution is -2.41. The van der Waals surface area contributed by atoms with Crippen LogP contribution in [0.4, 0.5) is 11.4 Å². The summed E-state index contributed by atoms with van der Waals surface area (Å²) < 4.78 is 5.19. The number of ketones is 2. The second-order valence-electron chi connectivity index (χ2n) is 7.45. The molecule has 2 aliphatic rings. The van der Waals surface area contributed by atoms with Crippen molar-refractivity contribution in [1.29, 1.82) is 0 Å². The maximum absolute atomic E-state index is 12.9. The standard InChI is InChI=1S/C24H15ClN2O5/c25-13-5-8-20-19(9-13)27(12-22(29)32-20)11-21(28)26-14-6-7-17-18(10-14)24(31)16-4-2-1-3-15(16)23(17)30/h1-10H,11-12H2,(H,26,28). The molecule has 5 rings (SSSR count). The minimum Gasteiger partial charge on any atom is -0.423 e. The Labute approximate surface area is 187 Å². The van der Waals surface area contributed by atoms with Crippen molar-refractivity contribution in [2.45, 2.75) is 0 Å². The van der Waals surface area contributed by atoms with E-state index in [0.717, 1.165) is 0 Å². The Hall–Kier alpha value is -3.97. The molecule has 0 aromatic heterocycles. The van der Waals surface area contributed by atoms with E-state index in [0.29, 0.717) is 38.8 Å². The number of fused-ring (bicyclic) bond motifs is 3. The number of rotatable bonds is 3. The van der Waals surface area contributed by atoms with Crippen LogP contribution in [0.25, 0.3) is 0 Å². The largest absolute Gasteiger partial charge is 0.423 e. The second-order valence-corrected chi connectivity index (χ2v) is 7.89. The molecule has 1 N–H and O–H groups in total. The molecule has 1 aliphatic carbocycles. The molecule has 1 aliphatic heterocycles. The van der Waals surface area contributed by atoms with Gasteiger partial charge >= 0.3 is 5.97 Å². The van der Waals surface area contributed by atoms with Crippen LogP contribution in [0, 0.1) is 0 Å². The highest BCUT2D eigenvalue weighted by Crippen LogP contribution is 2.34. The Kier molecular flexibility index (Phi) is 4.75. The quantitative estimate of drug-likeness (QED) is 0.382. The topological polar surface area (TPSA) is 92.8 Å². The van der Waals surface area contributed by atoms with Crippen molar-refractivity contribution in [2.24, 2.45) is 0 Å². The molecule has 1 amide bonds. The average Bonchev–Trinajstić information content (AvgIpc) is 2.78. The molecule has 3 aromatic carbocycles. The molecule has 7 nitrogen and oxygen atoms in total. The lowest BCUT2D eigenvalue weighted by atomic mass is 9.84. The van der Waals surface area contributed by atoms with Gasteiger partial charge in [0.05, 0.1) is 12.2 Å². The van der Waals surface area contributed by atoms with E-state index in [4.69, 9.17) is 16.3 Å². The maximum Gasteiger partial charge on any atom is 0.331 e. The molecule has 8 heteroatoms. The lowest BCUT2D eigenvalue weighted by Gasteiger charge is -2.29. The number of nitrogens with one attached hydrogen (secondary N) is 1. The fraction of sp³-hybridized carbons (Fsp3) is 0.0833. The first-order chi connectivity index (χ1) is 15.4. The molecule has 0 unspecified atom stereocenters. The molecular weight excluding hydrogens is 432 g/mol. The summed E-state index contributed by atoms with van der Waals surface area (Å²) >= 11 is 6.05. The molecule has 0 saturated carbocycles. The zero-order valence-corrected chi connectivity index (χ0v) is 17.3. The summed E-state index contributed by atoms with van der Waals surface area (Å²) in [6.45, 7) is -0.232. The van der Waals surface area contributed by atoms with Gasteiger partial charge in [-0.3, -0.25) is 14.4 Å². The molecule has 0 bridgehead atoms. The smallest absolute Gasteiger partial charge is 0.331 e. The Balaban J connectivity index is 1.38. The fourth-order valence-electron chi connectivity index (χ4n) is 3.91. The van der Waals surface area contributed by atoms with Crippen LogP contribution in [0.15, 0.2) is 60.7 Å². The van der Waals surface area contributed by atoms with Crippen LogP contribution in [-0.2, 0) is 9.59 Å². The van der Waals surface area contributed by atoms with E-state index in [1.807, 2.05) is 0 Å². The third-order valence-electron chi connectivity index (χ3n) is 5.35. The first-order valence-corrected chi connectivity index (χ1v) is 10.2. The van der Waals surface area contributed by atoms with Crippen molar-refractivity contribution in [3.63, 3.8) is 0 Å². The zero-order chi connectivity index (χ0) is 22.4. The first-order valence-electron chi connectivity index (χ1n) is 9.78. The maximum atomic E-state index is 12.9. The van der Waals surface area contributed by atoms with Crippen molar-refractivity contribution < 1.29 is 23.9 Å². The summed E-state index contributed by atoms with van der Waals surface area (Å²) in [4.78, 5) is 51.8. The van der Waals surface area contributed by atoms with Gasteiger partial charge in [-0.15, -0.1) is 0 Å². The normalized spacial score (nSPS) is 14.3. The monoisotopic (exact) mass is 446 g/mol. The van der Waals surface area contributed by atoms with E-state index in [1.54, 1.807) is 53.4 Å². The Morgan fingerprint density at radius 2 is 1.59 bits per heavy atom. The minimum atomic E-state index is -0.482. The number of esters is 1. The summed E-state index contributed by atoms with van der Waals surface area (Å²) in [6.07, 6.45) is 0. The highest BCUT2D eigenvalue weighted by Gasteiger charge is 2.30. The molecule has 0 fully saturated rings. The van der Waals surface area contributed by atoms with Crippen LogP contribution in [0.1, 0.15) is 31.8 Å². The number of nitrogens with zero attached hydrogens (tertiary/aromatic N) is 1. The number of anilines is 2. The molecule has 0 spiro atoms. The SMILES string of the molecule is O=C(CN1CC(=O)Oc2ccc(Cl)cc21)Nc1ccc2c(c1)C(=O)c1ccccc1C2=O. The Morgan fingerprint density at radius 3 is 2.34 bits per heavy atom. The average molecular weight is 447 g/mol. The molecule has 32 heavy (non-hydrogen) atoms. The summed E-state index contributed by atoms with van der Waals surface area (Å²) in [6, 6.07) is 16.1. The third kappa shape index (κ3) is 3.42. The van der Waals surface area contributed by atoms with Gasteiger partial charge in [-0.1, -0.05) is 35.9 Å². The number of carbonyl (C=O) groups is 4. The van der Waals surface area contributed by atoms with Gasteiger partial charge in [0, 0.05) is 33.0 Å². The number of carbonyl (C=O) groups excluding carboxylic acids is 4. The predicted octanol–water partition coefficient (Wildman–Crippen LogP) is 3.48. The number of amides is 1. The zero-order valence-electron chi connectivity index (χ0n) is 16.6. The van der Waals surface area contributed by atoms with Crippen molar-refractivity contribution in [3.05, 3.63) is 87.9 Å². The van der Waals surface area contributed by atoms with Crippen LogP contribution in [0.2, 0.25) is 5.02 Å². The number of ether oxygens (including phenoxy) is 1. The van der Waals surface area contributed by atoms with Crippen LogP contribution >= 0.6 is 11.6 Å². The number of benzene rings is 3. The molecule has 3 aromatic rings. The van der Waals surface area contributed by atoms with E-state index in [1.165, 1.54) is 12.1 Å². The molecular formula is C24H15ClN2O5. The van der Waals surface area contributed by atoms with Gasteiger partial charge in [0.15, 0.2) is 17.3 Å². The van der Waals surface area contributed by atoms with Gasteiger partial charge in [0.25, 0.3) is 0 Å². The van der Waals surface area contributed by atoms with Crippen molar-refractivity contribution >= 4 is 46.4 Å². The van der Waals surface area contributed by atoms with Crippen LogP contribution in [-0.4, -0.2) is 36.5 Å². The molecule has 0 atom stereocenters. The van der Waals surface area contributed by atoms with Crippen LogP contribution in [0.5, 0.6) is 5.75 Å². The van der Waals surface area contributed by atoms with Crippen LogP contribution < -0.4 is 15.0 Å². The van der Waals surface area contributed by atoms with Crippen LogP contribution in [0.3, 0.4) is 0 Å². The molecule has 1 heterocycles. The number of hydrogen-bond acceptors (Lipinski definition) is 6. The van der Waals surface area contributed by atoms with Crippen molar-refractivity contribution in [1.82, 2.24) is 0 Å². The predicted molar refractivity (Wildman–Crippen MR) is 118 cm³/mol. The molecule has 0 radical (unpaired) electrons. The van der Waals surface area contributed by atoms with E-state index in [2.05, 4.69) is 5.32 Å². The number of halogens is 1. The fourth-order valence-corrected chi connectivity index (χ4v) is 4.08. The van der Waals surface area contributed by atoms with Gasteiger partial charge < -0.3 is 15.0 Å². The molecule has 158 valence electrons. The van der Waals surface area contributed by atoms with E-state index < -0.39 is 11.9 Å². The number of hydrogen-bond donors (Lipinski definition) is 1. The van der Waals surface area contributed by atoms with E-state index in [9.17, 15) is 19.2 Å². The van der Waals surface area contributed by atoms with E-state index >= 15 is 0 Å². The third-order valence-corrected chi connectivity index (χ3v) is 5.58. The van der Waals surface area contributed by atoms with Gasteiger partial charge in [-0.05, 0) is 36.4 Å². The second kappa shape index (κ2) is 7.62. The summed E-state index contributed by atoms with van der Waals surface area (Å²) in [5.74, 6) is -1.05. The van der Waals surface area contributed by atoms with Crippen molar-refractivity contribution in [2.75, 3.05) is 23.3 Å². The highest BCUT2D eigenvalue weighted by atomic mass is 35.5. The Morgan fingerprint density at radius 1 is 0.906 bits per heavy atom. The van der Waals surface area contributed by atoms with Gasteiger partial charge in [-0.25, -0.2) is 4.79 Å². The Bertz CT molecular complexity index is 1330. The molecule has 0 saturated heterocycles. The minimum absolute atomic E-state index is 0.102. The summed E-state index contributed by atoms with van der Waals surface area (Å²) in [5, 5.41) is 3.18. The van der Waals surface area contributed by atoms with Gasteiger partial charge in [-0.2, -0.15) is 0 Å². The van der Waals surface area contributed by atoms with Gasteiger partial charge in [0.2, 0.25) is 5.91 Å².